The summed E-state index contributed by atoms with van der Waals surface area (Å²) in [6, 6.07) is 8.38. The van der Waals surface area contributed by atoms with Gasteiger partial charge in [0.2, 0.25) is 5.91 Å². The van der Waals surface area contributed by atoms with Gasteiger partial charge in [-0.25, -0.2) is 0 Å². The van der Waals surface area contributed by atoms with Crippen LogP contribution in [0.3, 0.4) is 0 Å². The number of benzene rings is 1. The standard InChI is InChI=1S/C20H24N4O2/c1-26-15-5-7-19-17(10-15)16-9-13(4-6-18(16)23-19)22-12-20(25)24-8-2-3-14(24)11-21/h5,7,10,13-14,22-23H,2-4,6,8-9,12H2,1H3/t13?,14-/m0/s1. The SMILES string of the molecule is COc1ccc2[nH]c3c(c2c1)CC(NCC(=O)N1CCC[C@H]1C#N)CC3. The molecule has 0 spiro atoms. The lowest BCUT2D eigenvalue weighted by molar-refractivity contribution is -0.130. The molecule has 6 heteroatoms. The highest BCUT2D eigenvalue weighted by atomic mass is 16.5. The quantitative estimate of drug-likeness (QED) is 0.883. The van der Waals surface area contributed by atoms with Crippen LogP contribution >= 0.6 is 0 Å². The second kappa shape index (κ2) is 7.00. The number of nitriles is 1. The van der Waals surface area contributed by atoms with Gasteiger partial charge in [0.15, 0.2) is 0 Å². The van der Waals surface area contributed by atoms with Crippen molar-refractivity contribution in [1.82, 2.24) is 15.2 Å². The molecule has 1 aromatic carbocycles. The highest BCUT2D eigenvalue weighted by molar-refractivity contribution is 5.86. The van der Waals surface area contributed by atoms with Crippen LogP contribution in [0, 0.1) is 11.3 Å². The first-order valence-electron chi connectivity index (χ1n) is 9.29. The Morgan fingerprint density at radius 3 is 3.15 bits per heavy atom. The number of aromatic nitrogens is 1. The molecular formula is C20H24N4O2. The van der Waals surface area contributed by atoms with Crippen LogP contribution in [0.5, 0.6) is 5.75 Å². The topological polar surface area (TPSA) is 81.2 Å². The molecule has 1 aliphatic heterocycles. The molecule has 2 atom stereocenters. The molecule has 1 fully saturated rings. The summed E-state index contributed by atoms with van der Waals surface area (Å²) in [5, 5.41) is 13.8. The summed E-state index contributed by atoms with van der Waals surface area (Å²) < 4.78 is 5.36. The molecule has 2 N–H and O–H groups in total. The van der Waals surface area contributed by atoms with Gasteiger partial charge in [-0.15, -0.1) is 0 Å². The fourth-order valence-electron chi connectivity index (χ4n) is 4.23. The van der Waals surface area contributed by atoms with E-state index in [1.807, 2.05) is 6.07 Å². The van der Waals surface area contributed by atoms with E-state index in [1.165, 1.54) is 16.6 Å². The van der Waals surface area contributed by atoms with E-state index in [0.717, 1.165) is 43.4 Å². The Morgan fingerprint density at radius 2 is 2.35 bits per heavy atom. The maximum absolute atomic E-state index is 12.4. The van der Waals surface area contributed by atoms with Gasteiger partial charge in [-0.2, -0.15) is 5.26 Å². The molecule has 2 heterocycles. The number of aromatic amines is 1. The Morgan fingerprint density at radius 1 is 1.46 bits per heavy atom. The summed E-state index contributed by atoms with van der Waals surface area (Å²) >= 11 is 0. The van der Waals surface area contributed by atoms with Crippen LogP contribution in [0.1, 0.15) is 30.5 Å². The van der Waals surface area contributed by atoms with Gasteiger partial charge in [-0.1, -0.05) is 0 Å². The number of hydrogen-bond acceptors (Lipinski definition) is 4. The Kier molecular flexibility index (Phi) is 4.56. The highest BCUT2D eigenvalue weighted by Gasteiger charge is 2.29. The zero-order chi connectivity index (χ0) is 18.1. The molecule has 26 heavy (non-hydrogen) atoms. The minimum absolute atomic E-state index is 0.0421. The third-order valence-electron chi connectivity index (χ3n) is 5.66. The monoisotopic (exact) mass is 352 g/mol. The summed E-state index contributed by atoms with van der Waals surface area (Å²) in [5.41, 5.74) is 3.76. The predicted octanol–water partition coefficient (Wildman–Crippen LogP) is 2.14. The molecule has 1 amide bonds. The summed E-state index contributed by atoms with van der Waals surface area (Å²) in [6.45, 7) is 1.01. The lowest BCUT2D eigenvalue weighted by Crippen LogP contribution is -2.44. The van der Waals surface area contributed by atoms with Crippen LogP contribution in [0.25, 0.3) is 10.9 Å². The average molecular weight is 352 g/mol. The molecule has 2 aromatic rings. The molecule has 1 saturated heterocycles. The van der Waals surface area contributed by atoms with Crippen molar-refractivity contribution in [3.8, 4) is 11.8 Å². The van der Waals surface area contributed by atoms with Gasteiger partial charge < -0.3 is 19.9 Å². The number of amides is 1. The number of methoxy groups -OCH3 is 1. The molecule has 1 aromatic heterocycles. The molecule has 2 aliphatic rings. The Bertz CT molecular complexity index is 867. The summed E-state index contributed by atoms with van der Waals surface area (Å²) in [6.07, 6.45) is 4.60. The average Bonchev–Trinajstić information content (AvgIpc) is 3.29. The van der Waals surface area contributed by atoms with Gasteiger partial charge in [-0.05, 0) is 55.9 Å². The van der Waals surface area contributed by atoms with E-state index < -0.39 is 0 Å². The molecule has 136 valence electrons. The molecule has 1 aliphatic carbocycles. The van der Waals surface area contributed by atoms with Crippen LogP contribution in [-0.4, -0.2) is 48.1 Å². The Labute approximate surface area is 153 Å². The number of likely N-dealkylation sites (tertiary alicyclic amines) is 1. The van der Waals surface area contributed by atoms with E-state index >= 15 is 0 Å². The first-order chi connectivity index (χ1) is 12.7. The zero-order valence-electron chi connectivity index (χ0n) is 15.0. The molecule has 0 saturated carbocycles. The van der Waals surface area contributed by atoms with Crippen LogP contribution < -0.4 is 10.1 Å². The van der Waals surface area contributed by atoms with Crippen molar-refractivity contribution in [3.05, 3.63) is 29.5 Å². The summed E-state index contributed by atoms with van der Waals surface area (Å²) in [4.78, 5) is 17.7. The van der Waals surface area contributed by atoms with Gasteiger partial charge in [0.05, 0.1) is 19.7 Å². The number of ether oxygens (including phenoxy) is 1. The van der Waals surface area contributed by atoms with Crippen molar-refractivity contribution < 1.29 is 9.53 Å². The lowest BCUT2D eigenvalue weighted by atomic mass is 9.91. The maximum atomic E-state index is 12.4. The van der Waals surface area contributed by atoms with Crippen molar-refractivity contribution in [2.24, 2.45) is 0 Å². The van der Waals surface area contributed by atoms with E-state index in [-0.39, 0.29) is 18.0 Å². The fourth-order valence-corrected chi connectivity index (χ4v) is 4.23. The number of fused-ring (bicyclic) bond motifs is 3. The predicted molar refractivity (Wildman–Crippen MR) is 99.0 cm³/mol. The fraction of sp³-hybridized carbons (Fsp3) is 0.500. The third-order valence-corrected chi connectivity index (χ3v) is 5.66. The van der Waals surface area contributed by atoms with Crippen LogP contribution in [-0.2, 0) is 17.6 Å². The number of hydrogen-bond donors (Lipinski definition) is 2. The van der Waals surface area contributed by atoms with Gasteiger partial charge >= 0.3 is 0 Å². The minimum Gasteiger partial charge on any atom is -0.497 e. The number of carbonyl (C=O) groups is 1. The molecule has 0 bridgehead atoms. The number of aryl methyl sites for hydroxylation is 1. The number of carbonyl (C=O) groups excluding carboxylic acids is 1. The summed E-state index contributed by atoms with van der Waals surface area (Å²) in [5.74, 6) is 0.904. The largest absolute Gasteiger partial charge is 0.497 e. The molecule has 4 rings (SSSR count). The smallest absolute Gasteiger partial charge is 0.237 e. The van der Waals surface area contributed by atoms with Gasteiger partial charge in [0.1, 0.15) is 11.8 Å². The number of nitrogens with one attached hydrogen (secondary N) is 2. The van der Waals surface area contributed by atoms with Crippen molar-refractivity contribution in [3.63, 3.8) is 0 Å². The van der Waals surface area contributed by atoms with Gasteiger partial charge in [0, 0.05) is 29.2 Å². The summed E-state index contributed by atoms with van der Waals surface area (Å²) in [7, 11) is 1.68. The number of H-pyrrole nitrogens is 1. The lowest BCUT2D eigenvalue weighted by Gasteiger charge is -2.25. The highest BCUT2D eigenvalue weighted by Crippen LogP contribution is 2.31. The van der Waals surface area contributed by atoms with Gasteiger partial charge in [-0.3, -0.25) is 4.79 Å². The second-order valence-electron chi connectivity index (χ2n) is 7.19. The number of rotatable bonds is 4. The normalized spacial score (nSPS) is 22.2. The minimum atomic E-state index is -0.247. The second-order valence-corrected chi connectivity index (χ2v) is 7.19. The molecular weight excluding hydrogens is 328 g/mol. The molecule has 0 radical (unpaired) electrons. The van der Waals surface area contributed by atoms with Crippen molar-refractivity contribution >= 4 is 16.8 Å². The van der Waals surface area contributed by atoms with E-state index in [4.69, 9.17) is 10.00 Å². The van der Waals surface area contributed by atoms with Crippen LogP contribution in [0.2, 0.25) is 0 Å². The molecule has 6 nitrogen and oxygen atoms in total. The van der Waals surface area contributed by atoms with Crippen molar-refractivity contribution in [1.29, 1.82) is 5.26 Å². The van der Waals surface area contributed by atoms with E-state index in [0.29, 0.717) is 13.1 Å². The first kappa shape index (κ1) is 16.9. The molecule has 1 unspecified atom stereocenters. The first-order valence-corrected chi connectivity index (χ1v) is 9.29. The van der Waals surface area contributed by atoms with Crippen LogP contribution in [0.4, 0.5) is 0 Å². The zero-order valence-corrected chi connectivity index (χ0v) is 15.0. The van der Waals surface area contributed by atoms with Crippen molar-refractivity contribution in [2.75, 3.05) is 20.2 Å². The van der Waals surface area contributed by atoms with E-state index in [2.05, 4.69) is 28.5 Å². The van der Waals surface area contributed by atoms with E-state index in [1.54, 1.807) is 12.0 Å². The Balaban J connectivity index is 1.43. The van der Waals surface area contributed by atoms with Crippen molar-refractivity contribution in [2.45, 2.75) is 44.2 Å². The number of nitrogens with zero attached hydrogens (tertiary/aromatic N) is 2. The van der Waals surface area contributed by atoms with Crippen LogP contribution in [0.15, 0.2) is 18.2 Å². The Hall–Kier alpha value is -2.52. The van der Waals surface area contributed by atoms with E-state index in [9.17, 15) is 4.79 Å². The third kappa shape index (κ3) is 3.04. The van der Waals surface area contributed by atoms with Gasteiger partial charge in [0.25, 0.3) is 0 Å². The maximum Gasteiger partial charge on any atom is 0.237 e.